The summed E-state index contributed by atoms with van der Waals surface area (Å²) in [7, 11) is 0. The molecule has 0 bridgehead atoms. The molecule has 0 aromatic rings. The zero-order chi connectivity index (χ0) is 13.0. The molecule has 0 saturated carbocycles. The van der Waals surface area contributed by atoms with E-state index in [0.29, 0.717) is 5.92 Å². The van der Waals surface area contributed by atoms with Crippen LogP contribution in [0.15, 0.2) is 0 Å². The molecule has 1 saturated heterocycles. The Bertz CT molecular complexity index is 245. The Morgan fingerprint density at radius 3 is 2.06 bits per heavy atom. The monoisotopic (exact) mass is 241 g/mol. The third-order valence-electron chi connectivity index (χ3n) is 3.31. The maximum Gasteiger partial charge on any atom is 0.239 e. The molecule has 0 radical (unpaired) electrons. The number of nitrogens with two attached hydrogens (primary N) is 1. The first-order chi connectivity index (χ1) is 7.91. The van der Waals surface area contributed by atoms with Crippen molar-refractivity contribution in [3.05, 3.63) is 0 Å². The maximum atomic E-state index is 12.1. The highest BCUT2D eigenvalue weighted by molar-refractivity contribution is 5.82. The first-order valence-corrected chi connectivity index (χ1v) is 6.68. The third-order valence-corrected chi connectivity index (χ3v) is 3.31. The molecule has 4 nitrogen and oxygen atoms in total. The van der Waals surface area contributed by atoms with Crippen molar-refractivity contribution in [1.82, 2.24) is 9.80 Å². The van der Waals surface area contributed by atoms with Gasteiger partial charge in [-0.2, -0.15) is 0 Å². The lowest BCUT2D eigenvalue weighted by Crippen LogP contribution is -2.54. The van der Waals surface area contributed by atoms with E-state index >= 15 is 0 Å². The van der Waals surface area contributed by atoms with E-state index in [1.54, 1.807) is 0 Å². The quantitative estimate of drug-likeness (QED) is 0.791. The first-order valence-electron chi connectivity index (χ1n) is 6.68. The number of nitrogens with zero attached hydrogens (tertiary/aromatic N) is 2. The second-order valence-electron chi connectivity index (χ2n) is 5.79. The number of carbonyl (C=O) groups is 1. The average molecular weight is 241 g/mol. The SMILES string of the molecule is CC(C)CN1CCN(C(=O)[C@H](N)C(C)C)CC1. The van der Waals surface area contributed by atoms with Gasteiger partial charge in [-0.05, 0) is 11.8 Å². The predicted octanol–water partition coefficient (Wildman–Crippen LogP) is 0.770. The van der Waals surface area contributed by atoms with Gasteiger partial charge in [-0.3, -0.25) is 9.69 Å². The highest BCUT2D eigenvalue weighted by Gasteiger charge is 2.26. The van der Waals surface area contributed by atoms with Gasteiger partial charge in [-0.25, -0.2) is 0 Å². The van der Waals surface area contributed by atoms with E-state index in [2.05, 4.69) is 18.7 Å². The molecule has 1 fully saturated rings. The average Bonchev–Trinajstić information content (AvgIpc) is 2.27. The summed E-state index contributed by atoms with van der Waals surface area (Å²) >= 11 is 0. The normalized spacial score (nSPS) is 20.1. The molecule has 0 aromatic heterocycles. The largest absolute Gasteiger partial charge is 0.339 e. The van der Waals surface area contributed by atoms with Crippen LogP contribution in [0.4, 0.5) is 0 Å². The molecule has 1 aliphatic heterocycles. The van der Waals surface area contributed by atoms with E-state index in [4.69, 9.17) is 5.73 Å². The number of hydrogen-bond donors (Lipinski definition) is 1. The summed E-state index contributed by atoms with van der Waals surface area (Å²) in [5.41, 5.74) is 5.90. The minimum atomic E-state index is -0.341. The molecule has 100 valence electrons. The van der Waals surface area contributed by atoms with Crippen molar-refractivity contribution in [1.29, 1.82) is 0 Å². The van der Waals surface area contributed by atoms with E-state index in [-0.39, 0.29) is 17.9 Å². The fourth-order valence-corrected chi connectivity index (χ4v) is 2.16. The summed E-state index contributed by atoms with van der Waals surface area (Å²) in [4.78, 5) is 16.4. The van der Waals surface area contributed by atoms with Crippen molar-refractivity contribution in [3.8, 4) is 0 Å². The van der Waals surface area contributed by atoms with E-state index in [1.165, 1.54) is 0 Å². The minimum absolute atomic E-state index is 0.115. The van der Waals surface area contributed by atoms with Gasteiger partial charge in [0.15, 0.2) is 0 Å². The van der Waals surface area contributed by atoms with Gasteiger partial charge in [0.1, 0.15) is 0 Å². The van der Waals surface area contributed by atoms with Crippen molar-refractivity contribution in [2.24, 2.45) is 17.6 Å². The van der Waals surface area contributed by atoms with E-state index < -0.39 is 0 Å². The minimum Gasteiger partial charge on any atom is -0.339 e. The summed E-state index contributed by atoms with van der Waals surface area (Å²) in [5.74, 6) is 1.02. The lowest BCUT2D eigenvalue weighted by molar-refractivity contribution is -0.135. The van der Waals surface area contributed by atoms with Gasteiger partial charge in [0.25, 0.3) is 0 Å². The van der Waals surface area contributed by atoms with Crippen LogP contribution in [0.25, 0.3) is 0 Å². The van der Waals surface area contributed by atoms with Crippen molar-refractivity contribution in [2.45, 2.75) is 33.7 Å². The van der Waals surface area contributed by atoms with Crippen LogP contribution in [0.1, 0.15) is 27.7 Å². The third kappa shape index (κ3) is 4.28. The predicted molar refractivity (Wildman–Crippen MR) is 70.7 cm³/mol. The molecule has 1 amide bonds. The summed E-state index contributed by atoms with van der Waals surface area (Å²) < 4.78 is 0. The molecule has 1 atom stereocenters. The Labute approximate surface area is 105 Å². The number of rotatable bonds is 4. The van der Waals surface area contributed by atoms with E-state index in [0.717, 1.165) is 32.7 Å². The highest BCUT2D eigenvalue weighted by atomic mass is 16.2. The Kier molecular flexibility index (Phi) is 5.40. The van der Waals surface area contributed by atoms with Crippen LogP contribution in [-0.4, -0.2) is 54.5 Å². The van der Waals surface area contributed by atoms with Crippen LogP contribution < -0.4 is 5.73 Å². The van der Waals surface area contributed by atoms with E-state index in [9.17, 15) is 4.79 Å². The van der Waals surface area contributed by atoms with Crippen molar-refractivity contribution >= 4 is 5.91 Å². The maximum absolute atomic E-state index is 12.1. The molecule has 2 N–H and O–H groups in total. The Morgan fingerprint density at radius 2 is 1.65 bits per heavy atom. The van der Waals surface area contributed by atoms with Gasteiger partial charge in [0.05, 0.1) is 6.04 Å². The molecule has 0 aromatic carbocycles. The molecule has 17 heavy (non-hydrogen) atoms. The van der Waals surface area contributed by atoms with Crippen LogP contribution >= 0.6 is 0 Å². The molecule has 1 aliphatic rings. The molecule has 0 aliphatic carbocycles. The van der Waals surface area contributed by atoms with Gasteiger partial charge in [-0.1, -0.05) is 27.7 Å². The van der Waals surface area contributed by atoms with E-state index in [1.807, 2.05) is 18.7 Å². The zero-order valence-corrected chi connectivity index (χ0v) is 11.6. The smallest absolute Gasteiger partial charge is 0.239 e. The summed E-state index contributed by atoms with van der Waals surface area (Å²) in [6.45, 7) is 13.2. The molecule has 0 unspecified atom stereocenters. The lowest BCUT2D eigenvalue weighted by Gasteiger charge is -2.37. The Hall–Kier alpha value is -0.610. The topological polar surface area (TPSA) is 49.6 Å². The number of piperazine rings is 1. The van der Waals surface area contributed by atoms with Gasteiger partial charge in [0, 0.05) is 32.7 Å². The van der Waals surface area contributed by atoms with Crippen molar-refractivity contribution in [3.63, 3.8) is 0 Å². The van der Waals surface area contributed by atoms with Crippen LogP contribution in [0.2, 0.25) is 0 Å². The zero-order valence-electron chi connectivity index (χ0n) is 11.6. The molecule has 4 heteroatoms. The molecular formula is C13H27N3O. The Balaban J connectivity index is 2.39. The second kappa shape index (κ2) is 6.36. The summed E-state index contributed by atoms with van der Waals surface area (Å²) in [5, 5.41) is 0. The fourth-order valence-electron chi connectivity index (χ4n) is 2.16. The lowest BCUT2D eigenvalue weighted by atomic mass is 10.0. The number of amides is 1. The van der Waals surface area contributed by atoms with Gasteiger partial charge in [-0.15, -0.1) is 0 Å². The highest BCUT2D eigenvalue weighted by Crippen LogP contribution is 2.09. The van der Waals surface area contributed by atoms with Crippen LogP contribution in [0, 0.1) is 11.8 Å². The fraction of sp³-hybridized carbons (Fsp3) is 0.923. The van der Waals surface area contributed by atoms with Crippen LogP contribution in [0.5, 0.6) is 0 Å². The second-order valence-corrected chi connectivity index (χ2v) is 5.79. The number of carbonyl (C=O) groups excluding carboxylic acids is 1. The van der Waals surface area contributed by atoms with Crippen LogP contribution in [-0.2, 0) is 4.79 Å². The summed E-state index contributed by atoms with van der Waals surface area (Å²) in [6, 6.07) is -0.341. The molecular weight excluding hydrogens is 214 g/mol. The van der Waals surface area contributed by atoms with Crippen molar-refractivity contribution in [2.75, 3.05) is 32.7 Å². The first kappa shape index (κ1) is 14.5. The standard InChI is InChI=1S/C13H27N3O/c1-10(2)9-15-5-7-16(8-6-15)13(17)12(14)11(3)4/h10-12H,5-9,14H2,1-4H3/t12-/m1/s1. The molecule has 1 heterocycles. The number of hydrogen-bond acceptors (Lipinski definition) is 3. The Morgan fingerprint density at radius 1 is 1.12 bits per heavy atom. The molecule has 1 rings (SSSR count). The van der Waals surface area contributed by atoms with Gasteiger partial charge in [0.2, 0.25) is 5.91 Å². The molecule has 0 spiro atoms. The van der Waals surface area contributed by atoms with Crippen molar-refractivity contribution < 1.29 is 4.79 Å². The summed E-state index contributed by atoms with van der Waals surface area (Å²) in [6.07, 6.45) is 0. The van der Waals surface area contributed by atoms with Gasteiger partial charge < -0.3 is 10.6 Å². The van der Waals surface area contributed by atoms with Gasteiger partial charge >= 0.3 is 0 Å². The van der Waals surface area contributed by atoms with Crippen LogP contribution in [0.3, 0.4) is 0 Å².